The smallest absolute Gasteiger partial charge is 0.326 e. The number of benzene rings is 3. The van der Waals surface area contributed by atoms with Crippen molar-refractivity contribution in [3.05, 3.63) is 89.5 Å². The van der Waals surface area contributed by atoms with Crippen LogP contribution in [0.4, 0.5) is 11.4 Å². The molecular weight excluding hydrogens is 376 g/mol. The van der Waals surface area contributed by atoms with Gasteiger partial charge in [-0.15, -0.1) is 0 Å². The minimum atomic E-state index is -0.842. The highest BCUT2D eigenvalue weighted by molar-refractivity contribution is 5.83. The average molecular weight is 402 g/mol. The van der Waals surface area contributed by atoms with Gasteiger partial charge in [0.05, 0.1) is 0 Å². The Morgan fingerprint density at radius 1 is 1.03 bits per heavy atom. The third-order valence-electron chi connectivity index (χ3n) is 5.56. The van der Waals surface area contributed by atoms with Crippen molar-refractivity contribution in [2.75, 3.05) is 24.3 Å². The van der Waals surface area contributed by atoms with Crippen LogP contribution in [0, 0.1) is 0 Å². The molecule has 0 amide bonds. The Balaban J connectivity index is 1.61. The van der Waals surface area contributed by atoms with E-state index in [9.17, 15) is 9.90 Å². The lowest BCUT2D eigenvalue weighted by atomic mass is 9.88. The summed E-state index contributed by atoms with van der Waals surface area (Å²) in [5.74, 6) is -0.277. The van der Waals surface area contributed by atoms with E-state index in [1.54, 1.807) is 0 Å². The van der Waals surface area contributed by atoms with E-state index in [0.717, 1.165) is 33.8 Å². The Morgan fingerprint density at radius 2 is 1.77 bits per heavy atom. The minimum absolute atomic E-state index is 0.182. The molecule has 3 aromatic carbocycles. The molecule has 5 heteroatoms. The molecule has 0 radical (unpaired) electrons. The van der Waals surface area contributed by atoms with Crippen LogP contribution < -0.4 is 15.0 Å². The van der Waals surface area contributed by atoms with Gasteiger partial charge in [0, 0.05) is 31.4 Å². The number of carbonyl (C=O) groups is 1. The summed E-state index contributed by atoms with van der Waals surface area (Å²) < 4.78 is 5.99. The maximum Gasteiger partial charge on any atom is 0.326 e. The Labute approximate surface area is 176 Å². The van der Waals surface area contributed by atoms with E-state index >= 15 is 0 Å². The largest absolute Gasteiger partial charge is 0.489 e. The summed E-state index contributed by atoms with van der Waals surface area (Å²) in [6.07, 6.45) is 0.632. The fourth-order valence-electron chi connectivity index (χ4n) is 4.08. The van der Waals surface area contributed by atoms with Gasteiger partial charge in [0.2, 0.25) is 0 Å². The molecule has 5 nitrogen and oxygen atoms in total. The second-order valence-electron chi connectivity index (χ2n) is 7.82. The summed E-state index contributed by atoms with van der Waals surface area (Å²) in [4.78, 5) is 14.0. The Kier molecular flexibility index (Phi) is 5.61. The zero-order chi connectivity index (χ0) is 21.1. The maximum absolute atomic E-state index is 12.0. The predicted octanol–water partition coefficient (Wildman–Crippen LogP) is 4.54. The number of hydrogen-bond acceptors (Lipinski definition) is 4. The van der Waals surface area contributed by atoms with Crippen LogP contribution >= 0.6 is 0 Å². The first-order chi connectivity index (χ1) is 14.5. The number of para-hydroxylation sites is 1. The van der Waals surface area contributed by atoms with Crippen LogP contribution in [0.5, 0.6) is 5.75 Å². The summed E-state index contributed by atoms with van der Waals surface area (Å²) >= 11 is 0. The van der Waals surface area contributed by atoms with Gasteiger partial charge in [0.1, 0.15) is 18.4 Å². The molecule has 154 valence electrons. The number of carboxylic acids is 1. The Morgan fingerprint density at radius 3 is 2.50 bits per heavy atom. The van der Waals surface area contributed by atoms with E-state index in [1.807, 2.05) is 74.8 Å². The van der Waals surface area contributed by atoms with Crippen molar-refractivity contribution in [1.82, 2.24) is 0 Å². The lowest BCUT2D eigenvalue weighted by Gasteiger charge is -2.22. The van der Waals surface area contributed by atoms with Crippen LogP contribution in [0.2, 0.25) is 0 Å². The van der Waals surface area contributed by atoms with Crippen LogP contribution in [0.1, 0.15) is 22.6 Å². The molecule has 0 saturated heterocycles. The zero-order valence-corrected chi connectivity index (χ0v) is 17.2. The average Bonchev–Trinajstić information content (AvgIpc) is 3.11. The fourth-order valence-corrected chi connectivity index (χ4v) is 4.08. The molecule has 3 aromatic rings. The van der Waals surface area contributed by atoms with Crippen LogP contribution in [0.25, 0.3) is 0 Å². The molecule has 1 aliphatic rings. The number of hydrogen-bond donors (Lipinski definition) is 2. The number of nitrogens with one attached hydrogen (secondary N) is 1. The number of anilines is 2. The lowest BCUT2D eigenvalue weighted by Crippen LogP contribution is -2.31. The van der Waals surface area contributed by atoms with Crippen molar-refractivity contribution in [1.29, 1.82) is 0 Å². The molecule has 0 saturated carbocycles. The second-order valence-corrected chi connectivity index (χ2v) is 7.82. The molecule has 2 N–H and O–H groups in total. The number of ether oxygens (including phenoxy) is 1. The topological polar surface area (TPSA) is 61.8 Å². The standard InChI is InChI=1S/C25H26N2O3/c1-27(2)23-11-7-6-10-18(23)14-21-20-15-19(30-16-17-8-4-3-5-9-17)12-13-22(20)26-24(21)25(28)29/h3-13,15,21,24,26H,14,16H2,1-2H3,(H,28,29). The van der Waals surface area contributed by atoms with Gasteiger partial charge in [0.15, 0.2) is 0 Å². The van der Waals surface area contributed by atoms with Crippen molar-refractivity contribution >= 4 is 17.3 Å². The molecule has 0 aliphatic carbocycles. The van der Waals surface area contributed by atoms with Gasteiger partial charge in [-0.25, -0.2) is 4.79 Å². The molecule has 30 heavy (non-hydrogen) atoms. The van der Waals surface area contributed by atoms with Gasteiger partial charge in [0.25, 0.3) is 0 Å². The van der Waals surface area contributed by atoms with Gasteiger partial charge in [-0.05, 0) is 47.4 Å². The maximum atomic E-state index is 12.0. The van der Waals surface area contributed by atoms with Gasteiger partial charge < -0.3 is 20.1 Å². The number of rotatable bonds is 7. The number of nitrogens with zero attached hydrogens (tertiary/aromatic N) is 1. The summed E-state index contributed by atoms with van der Waals surface area (Å²) in [6, 6.07) is 23.3. The van der Waals surface area contributed by atoms with Crippen LogP contribution in [-0.4, -0.2) is 31.2 Å². The first-order valence-electron chi connectivity index (χ1n) is 10.1. The summed E-state index contributed by atoms with van der Waals surface area (Å²) in [7, 11) is 4.01. The van der Waals surface area contributed by atoms with Crippen molar-refractivity contribution in [2.45, 2.75) is 25.0 Å². The second kappa shape index (κ2) is 8.49. The van der Waals surface area contributed by atoms with Crippen molar-refractivity contribution in [2.24, 2.45) is 0 Å². The highest BCUT2D eigenvalue weighted by Crippen LogP contribution is 2.41. The highest BCUT2D eigenvalue weighted by Gasteiger charge is 2.37. The Hall–Kier alpha value is -3.47. The van der Waals surface area contributed by atoms with Gasteiger partial charge in [-0.3, -0.25) is 0 Å². The zero-order valence-electron chi connectivity index (χ0n) is 17.2. The lowest BCUT2D eigenvalue weighted by molar-refractivity contribution is -0.138. The van der Waals surface area contributed by atoms with Gasteiger partial charge in [-0.1, -0.05) is 48.5 Å². The van der Waals surface area contributed by atoms with E-state index < -0.39 is 12.0 Å². The number of aliphatic carboxylic acids is 1. The quantitative estimate of drug-likeness (QED) is 0.608. The molecule has 0 aromatic heterocycles. The molecule has 0 spiro atoms. The Bertz CT molecular complexity index is 1030. The highest BCUT2D eigenvalue weighted by atomic mass is 16.5. The van der Waals surface area contributed by atoms with E-state index in [2.05, 4.69) is 22.3 Å². The van der Waals surface area contributed by atoms with E-state index in [-0.39, 0.29) is 5.92 Å². The van der Waals surface area contributed by atoms with Crippen LogP contribution in [0.3, 0.4) is 0 Å². The van der Waals surface area contributed by atoms with E-state index in [0.29, 0.717) is 13.0 Å². The van der Waals surface area contributed by atoms with Crippen molar-refractivity contribution in [3.8, 4) is 5.75 Å². The monoisotopic (exact) mass is 402 g/mol. The normalized spacial score (nSPS) is 17.1. The van der Waals surface area contributed by atoms with Gasteiger partial charge in [-0.2, -0.15) is 0 Å². The third-order valence-corrected chi connectivity index (χ3v) is 5.56. The van der Waals surface area contributed by atoms with E-state index in [1.165, 1.54) is 0 Å². The minimum Gasteiger partial charge on any atom is -0.489 e. The summed E-state index contributed by atoms with van der Waals surface area (Å²) in [6.45, 7) is 0.476. The van der Waals surface area contributed by atoms with Crippen molar-refractivity contribution < 1.29 is 14.6 Å². The fraction of sp³-hybridized carbons (Fsp3) is 0.240. The summed E-state index contributed by atoms with van der Waals surface area (Å²) in [5.41, 5.74) is 5.18. The number of fused-ring (bicyclic) bond motifs is 1. The molecule has 1 aliphatic heterocycles. The van der Waals surface area contributed by atoms with Crippen LogP contribution in [0.15, 0.2) is 72.8 Å². The molecule has 2 atom stereocenters. The predicted molar refractivity (Wildman–Crippen MR) is 119 cm³/mol. The molecule has 4 rings (SSSR count). The van der Waals surface area contributed by atoms with Crippen LogP contribution in [-0.2, 0) is 17.8 Å². The van der Waals surface area contributed by atoms with E-state index in [4.69, 9.17) is 4.74 Å². The third kappa shape index (κ3) is 4.10. The molecule has 2 unspecified atom stereocenters. The molecule has 0 fully saturated rings. The number of carboxylic acid groups (broad SMARTS) is 1. The molecular formula is C25H26N2O3. The molecule has 1 heterocycles. The molecule has 0 bridgehead atoms. The summed E-state index contributed by atoms with van der Waals surface area (Å²) in [5, 5.41) is 13.0. The van der Waals surface area contributed by atoms with Gasteiger partial charge >= 0.3 is 5.97 Å². The first kappa shape index (κ1) is 19.8. The van der Waals surface area contributed by atoms with Crippen molar-refractivity contribution in [3.63, 3.8) is 0 Å². The SMILES string of the molecule is CN(C)c1ccccc1CC1c2cc(OCc3ccccc3)ccc2NC1C(=O)O. The first-order valence-corrected chi connectivity index (χ1v) is 10.1.